The maximum absolute atomic E-state index is 10.8. The number of rotatable bonds is 0. The van der Waals surface area contributed by atoms with E-state index in [4.69, 9.17) is 26.8 Å². The number of nitrogens with one attached hydrogen (secondary N) is 1. The summed E-state index contributed by atoms with van der Waals surface area (Å²) in [7, 11) is 0. The van der Waals surface area contributed by atoms with Crippen LogP contribution in [0.15, 0.2) is 0 Å². The normalized spacial score (nSPS) is 9.50. The van der Waals surface area contributed by atoms with Gasteiger partial charge >= 0.3 is 5.95 Å². The van der Waals surface area contributed by atoms with Gasteiger partial charge in [-0.1, -0.05) is 9.42 Å². The molecule has 0 aromatic carbocycles. The molecule has 0 amide bonds. The highest BCUT2D eigenvalue weighted by molar-refractivity contribution is 5.31. The summed E-state index contributed by atoms with van der Waals surface area (Å²) in [6, 6.07) is 0. The molecular formula is C3H5N9O4. The Bertz CT molecular complexity index is 566. The van der Waals surface area contributed by atoms with Gasteiger partial charge in [0.2, 0.25) is 0 Å². The lowest BCUT2D eigenvalue weighted by molar-refractivity contribution is -0.550. The van der Waals surface area contributed by atoms with Gasteiger partial charge in [-0.25, -0.2) is 0 Å². The van der Waals surface area contributed by atoms with Crippen LogP contribution in [0.25, 0.3) is 5.78 Å². The van der Waals surface area contributed by atoms with E-state index in [-0.39, 0.29) is 22.2 Å². The summed E-state index contributed by atoms with van der Waals surface area (Å²) in [5.41, 5.74) is 10.5. The van der Waals surface area contributed by atoms with E-state index in [9.17, 15) is 4.91 Å². The summed E-state index contributed by atoms with van der Waals surface area (Å²) in [6.45, 7) is 0. The molecule has 0 aliphatic carbocycles. The fourth-order valence-electron chi connectivity index (χ4n) is 0.751. The summed E-state index contributed by atoms with van der Waals surface area (Å²) >= 11 is 0. The van der Waals surface area contributed by atoms with Crippen LogP contribution in [0.3, 0.4) is 0 Å². The zero-order valence-electron chi connectivity index (χ0n) is 7.47. The minimum absolute atomic E-state index is 0.0635. The lowest BCUT2D eigenvalue weighted by Crippen LogP contribution is -2.28. The van der Waals surface area contributed by atoms with Gasteiger partial charge in [-0.2, -0.15) is 5.10 Å². The van der Waals surface area contributed by atoms with Crippen molar-refractivity contribution >= 4 is 17.7 Å². The van der Waals surface area contributed by atoms with Gasteiger partial charge in [0, 0.05) is 5.10 Å². The number of aromatic amines is 1. The van der Waals surface area contributed by atoms with Gasteiger partial charge in [0.05, 0.1) is 9.63 Å². The molecule has 0 aliphatic rings. The van der Waals surface area contributed by atoms with E-state index in [0.29, 0.717) is 0 Å². The molecule has 0 spiro atoms. The summed E-state index contributed by atoms with van der Waals surface area (Å²) in [5, 5.41) is 27.6. The van der Waals surface area contributed by atoms with Gasteiger partial charge in [0.15, 0.2) is 0 Å². The standard InChI is InChI=1S/C3H5N8O.NO3/c4-1-6-7-3-9-11(12)2(5)8-10(1)3;2-1(3)4/h(H2,4,6)(H2,5,8)(H,7,9,12);/q+1;-1. The third-order valence-corrected chi connectivity index (χ3v) is 1.28. The number of nitrogen functional groups attached to an aromatic ring is 2. The highest BCUT2D eigenvalue weighted by atomic mass is 16.9. The van der Waals surface area contributed by atoms with Gasteiger partial charge in [-0.3, -0.25) is 5.73 Å². The van der Waals surface area contributed by atoms with Crippen LogP contribution in [0.2, 0.25) is 0 Å². The largest absolute Gasteiger partial charge is 0.470 e. The van der Waals surface area contributed by atoms with E-state index in [0.717, 1.165) is 4.52 Å². The van der Waals surface area contributed by atoms with Gasteiger partial charge in [0.25, 0.3) is 11.7 Å². The Morgan fingerprint density at radius 2 is 1.94 bits per heavy atom. The van der Waals surface area contributed by atoms with Crippen molar-refractivity contribution in [2.75, 3.05) is 11.5 Å². The van der Waals surface area contributed by atoms with E-state index in [2.05, 4.69) is 20.4 Å². The van der Waals surface area contributed by atoms with Crippen LogP contribution in [-0.4, -0.2) is 30.0 Å². The molecule has 0 unspecified atom stereocenters. The first-order valence-corrected chi connectivity index (χ1v) is 3.52. The first-order chi connectivity index (χ1) is 7.41. The first-order valence-electron chi connectivity index (χ1n) is 3.52. The molecule has 16 heavy (non-hydrogen) atoms. The first kappa shape index (κ1) is 11.1. The van der Waals surface area contributed by atoms with Crippen LogP contribution in [0, 0.1) is 20.2 Å². The zero-order valence-corrected chi connectivity index (χ0v) is 7.47. The van der Waals surface area contributed by atoms with Crippen LogP contribution in [0.1, 0.15) is 0 Å². The fourth-order valence-corrected chi connectivity index (χ4v) is 0.751. The molecule has 0 bridgehead atoms. The van der Waals surface area contributed by atoms with E-state index in [1.807, 2.05) is 0 Å². The van der Waals surface area contributed by atoms with Crippen molar-refractivity contribution in [2.24, 2.45) is 0 Å². The lowest BCUT2D eigenvalue weighted by atomic mass is 11.0. The topological polar surface area (TPSA) is 200 Å². The molecule has 0 saturated heterocycles. The maximum Gasteiger partial charge on any atom is 0.470 e. The predicted molar refractivity (Wildman–Crippen MR) is 47.7 cm³/mol. The van der Waals surface area contributed by atoms with Gasteiger partial charge in [0.1, 0.15) is 0 Å². The lowest BCUT2D eigenvalue weighted by Gasteiger charge is -1.85. The Morgan fingerprint density at radius 1 is 1.38 bits per heavy atom. The molecule has 2 aromatic heterocycles. The molecule has 0 fully saturated rings. The smallest absolute Gasteiger partial charge is 0.365 e. The molecule has 5 N–H and O–H groups in total. The second kappa shape index (κ2) is 4.03. The van der Waals surface area contributed by atoms with Crippen molar-refractivity contribution in [1.82, 2.24) is 24.9 Å². The number of nitrogens with two attached hydrogens (primary N) is 2. The Labute approximate surface area is 85.0 Å². The summed E-state index contributed by atoms with van der Waals surface area (Å²) in [6.07, 6.45) is 0. The summed E-state index contributed by atoms with van der Waals surface area (Å²) in [5.74, 6) is -0.0562. The fraction of sp³-hybridized carbons (Fsp3) is 0. The molecule has 0 aliphatic heterocycles. The molecule has 2 rings (SSSR count). The number of aromatic nitrogens is 6. The van der Waals surface area contributed by atoms with Crippen molar-refractivity contribution in [1.29, 1.82) is 0 Å². The number of anilines is 2. The van der Waals surface area contributed by atoms with Gasteiger partial charge < -0.3 is 21.1 Å². The minimum atomic E-state index is -1.75. The monoisotopic (exact) mass is 231 g/mol. The Morgan fingerprint density at radius 3 is 2.50 bits per heavy atom. The van der Waals surface area contributed by atoms with Crippen molar-refractivity contribution in [3.8, 4) is 0 Å². The third kappa shape index (κ3) is 2.28. The molecule has 2 heterocycles. The molecule has 0 saturated carbocycles. The van der Waals surface area contributed by atoms with Crippen LogP contribution >= 0.6 is 0 Å². The van der Waals surface area contributed by atoms with Crippen LogP contribution in [0.4, 0.5) is 11.9 Å². The summed E-state index contributed by atoms with van der Waals surface area (Å²) in [4.78, 5) is 19.0. The highest BCUT2D eigenvalue weighted by Crippen LogP contribution is 1.96. The van der Waals surface area contributed by atoms with Crippen molar-refractivity contribution < 1.29 is 9.63 Å². The van der Waals surface area contributed by atoms with Crippen molar-refractivity contribution in [3.63, 3.8) is 0 Å². The van der Waals surface area contributed by atoms with Gasteiger partial charge in [-0.15, -0.1) is 10.2 Å². The number of hydrogen-bond acceptors (Lipinski definition) is 9. The molecule has 13 nitrogen and oxygen atoms in total. The maximum atomic E-state index is 10.8. The number of fused-ring (bicyclic) bond motifs is 1. The molecule has 13 heteroatoms. The average molecular weight is 231 g/mol. The molecule has 0 radical (unpaired) electrons. The van der Waals surface area contributed by atoms with Crippen molar-refractivity contribution in [2.45, 2.75) is 0 Å². The van der Waals surface area contributed by atoms with Crippen LogP contribution in [-0.2, 0) is 0 Å². The van der Waals surface area contributed by atoms with E-state index in [1.54, 1.807) is 0 Å². The van der Waals surface area contributed by atoms with Gasteiger partial charge in [-0.05, 0) is 0 Å². The molecular weight excluding hydrogens is 226 g/mol. The highest BCUT2D eigenvalue weighted by Gasteiger charge is 2.11. The van der Waals surface area contributed by atoms with Crippen LogP contribution in [0.5, 0.6) is 0 Å². The predicted octanol–water partition coefficient (Wildman–Crippen LogP) is -2.71. The minimum Gasteiger partial charge on any atom is -0.365 e. The average Bonchev–Trinajstić information content (AvgIpc) is 2.49. The zero-order chi connectivity index (χ0) is 12.3. The molecule has 86 valence electrons. The van der Waals surface area contributed by atoms with E-state index in [1.165, 1.54) is 0 Å². The Kier molecular flexibility index (Phi) is 2.79. The van der Waals surface area contributed by atoms with E-state index >= 15 is 0 Å². The number of H-pyrrole nitrogens is 1. The Hall–Kier alpha value is -2.99. The van der Waals surface area contributed by atoms with E-state index < -0.39 is 5.09 Å². The SMILES string of the molecule is Nc1nnc2[nH][n+](=O)c(N)nn12.O=[N+]([O-])[O-]. The number of nitrogens with zero attached hydrogens (tertiary/aromatic N) is 6. The van der Waals surface area contributed by atoms with Crippen LogP contribution < -0.4 is 16.0 Å². The third-order valence-electron chi connectivity index (χ3n) is 1.28. The molecule has 2 aromatic rings. The number of hydrogen-bond donors (Lipinski definition) is 3. The second-order valence-corrected chi connectivity index (χ2v) is 2.28. The van der Waals surface area contributed by atoms with Crippen molar-refractivity contribution in [3.05, 3.63) is 20.2 Å². The Balaban J connectivity index is 0.000000280. The second-order valence-electron chi connectivity index (χ2n) is 2.28. The molecule has 0 atom stereocenters. The quantitative estimate of drug-likeness (QED) is 0.244. The summed E-state index contributed by atoms with van der Waals surface area (Å²) < 4.78 is 1.40.